The predicted octanol–water partition coefficient (Wildman–Crippen LogP) is 0.820. The maximum Gasteiger partial charge on any atom is 0.417 e. The van der Waals surface area contributed by atoms with Gasteiger partial charge in [0.2, 0.25) is 0 Å². The van der Waals surface area contributed by atoms with Crippen LogP contribution in [0.1, 0.15) is 12.0 Å². The van der Waals surface area contributed by atoms with Gasteiger partial charge in [-0.15, -0.1) is 0 Å². The molecule has 5 nitrogen and oxygen atoms in total. The fourth-order valence-electron chi connectivity index (χ4n) is 2.42. The second-order valence-corrected chi connectivity index (χ2v) is 4.83. The van der Waals surface area contributed by atoms with E-state index in [2.05, 4.69) is 15.6 Å². The molecule has 1 aromatic carbocycles. The molecule has 0 bridgehead atoms. The minimum absolute atomic E-state index is 0.396. The molecule has 0 radical (unpaired) electrons. The Morgan fingerprint density at radius 1 is 1.44 bits per heavy atom. The first-order chi connectivity index (χ1) is 8.81. The number of aromatic amines is 1. The summed E-state index contributed by atoms with van der Waals surface area (Å²) >= 11 is 0. The standard InChI is InChI=1S/C13H17N3O2/c17-13-16-11-5-9(1-2-12(11)18-13)6-15-8-10-3-4-14-7-10/h1-2,5,10,14-15H,3-4,6-8H2,(H,16,17). The topological polar surface area (TPSA) is 70.1 Å². The summed E-state index contributed by atoms with van der Waals surface area (Å²) in [6.07, 6.45) is 1.25. The summed E-state index contributed by atoms with van der Waals surface area (Å²) in [6, 6.07) is 5.78. The van der Waals surface area contributed by atoms with Crippen molar-refractivity contribution in [3.05, 3.63) is 34.3 Å². The first kappa shape index (κ1) is 11.5. The average molecular weight is 247 g/mol. The molecule has 0 amide bonds. The second-order valence-electron chi connectivity index (χ2n) is 4.83. The number of nitrogens with one attached hydrogen (secondary N) is 3. The van der Waals surface area contributed by atoms with Crippen molar-refractivity contribution in [1.29, 1.82) is 0 Å². The van der Waals surface area contributed by atoms with Gasteiger partial charge in [-0.05, 0) is 49.7 Å². The van der Waals surface area contributed by atoms with Crippen LogP contribution >= 0.6 is 0 Å². The fourth-order valence-corrected chi connectivity index (χ4v) is 2.42. The molecule has 1 fully saturated rings. The zero-order valence-corrected chi connectivity index (χ0v) is 10.2. The number of hydrogen-bond donors (Lipinski definition) is 3. The fraction of sp³-hybridized carbons (Fsp3) is 0.462. The van der Waals surface area contributed by atoms with E-state index in [1.807, 2.05) is 18.2 Å². The van der Waals surface area contributed by atoms with Crippen LogP contribution in [0.15, 0.2) is 27.4 Å². The summed E-state index contributed by atoms with van der Waals surface area (Å²) in [4.78, 5) is 13.7. The first-order valence-corrected chi connectivity index (χ1v) is 6.34. The molecule has 3 N–H and O–H groups in total. The lowest BCUT2D eigenvalue weighted by Gasteiger charge is -2.09. The normalized spacial score (nSPS) is 19.7. The molecule has 1 aliphatic heterocycles. The summed E-state index contributed by atoms with van der Waals surface area (Å²) in [5.41, 5.74) is 2.54. The molecule has 5 heteroatoms. The van der Waals surface area contributed by atoms with Gasteiger partial charge in [-0.25, -0.2) is 4.79 Å². The minimum Gasteiger partial charge on any atom is -0.408 e. The van der Waals surface area contributed by atoms with Crippen LogP contribution in [0.3, 0.4) is 0 Å². The second kappa shape index (κ2) is 4.96. The Balaban J connectivity index is 1.61. The molecule has 2 heterocycles. The molecule has 1 aliphatic rings. The average Bonchev–Trinajstić information content (AvgIpc) is 2.96. The van der Waals surface area contributed by atoms with Gasteiger partial charge in [-0.2, -0.15) is 0 Å². The number of fused-ring (bicyclic) bond motifs is 1. The number of hydrogen-bond acceptors (Lipinski definition) is 4. The Kier molecular flexibility index (Phi) is 3.17. The Morgan fingerprint density at radius 3 is 3.22 bits per heavy atom. The lowest BCUT2D eigenvalue weighted by molar-refractivity contribution is 0.512. The molecule has 0 saturated carbocycles. The molecule has 0 spiro atoms. The third-order valence-corrected chi connectivity index (χ3v) is 3.41. The molecule has 1 atom stereocenters. The lowest BCUT2D eigenvalue weighted by Crippen LogP contribution is -2.23. The third kappa shape index (κ3) is 2.47. The van der Waals surface area contributed by atoms with Gasteiger partial charge in [0.15, 0.2) is 5.58 Å². The Hall–Kier alpha value is -1.59. The molecule has 1 saturated heterocycles. The number of oxazole rings is 1. The number of rotatable bonds is 4. The van der Waals surface area contributed by atoms with Crippen LogP contribution < -0.4 is 16.4 Å². The maximum atomic E-state index is 11.0. The van der Waals surface area contributed by atoms with Gasteiger partial charge in [-0.1, -0.05) is 6.07 Å². The van der Waals surface area contributed by atoms with Crippen molar-refractivity contribution in [2.24, 2.45) is 5.92 Å². The monoisotopic (exact) mass is 247 g/mol. The first-order valence-electron chi connectivity index (χ1n) is 6.34. The maximum absolute atomic E-state index is 11.0. The Morgan fingerprint density at radius 2 is 2.39 bits per heavy atom. The molecule has 2 aromatic rings. The molecule has 18 heavy (non-hydrogen) atoms. The van der Waals surface area contributed by atoms with Crippen LogP contribution in [0, 0.1) is 5.92 Å². The molecule has 1 aromatic heterocycles. The van der Waals surface area contributed by atoms with E-state index in [1.54, 1.807) is 0 Å². The smallest absolute Gasteiger partial charge is 0.408 e. The predicted molar refractivity (Wildman–Crippen MR) is 69.5 cm³/mol. The molecular weight excluding hydrogens is 230 g/mol. The van der Waals surface area contributed by atoms with Gasteiger partial charge < -0.3 is 15.1 Å². The van der Waals surface area contributed by atoms with Gasteiger partial charge in [0, 0.05) is 6.54 Å². The summed E-state index contributed by atoms with van der Waals surface area (Å²) in [5.74, 6) is 0.342. The number of benzene rings is 1. The SMILES string of the molecule is O=c1[nH]c2cc(CNCC3CCNC3)ccc2o1. The van der Waals surface area contributed by atoms with Crippen LogP contribution in [-0.4, -0.2) is 24.6 Å². The van der Waals surface area contributed by atoms with E-state index in [-0.39, 0.29) is 0 Å². The third-order valence-electron chi connectivity index (χ3n) is 3.41. The van der Waals surface area contributed by atoms with Crippen LogP contribution in [0.2, 0.25) is 0 Å². The molecule has 96 valence electrons. The van der Waals surface area contributed by atoms with Crippen LogP contribution in [0.4, 0.5) is 0 Å². The van der Waals surface area contributed by atoms with E-state index in [9.17, 15) is 4.79 Å². The van der Waals surface area contributed by atoms with Crippen molar-refractivity contribution in [3.63, 3.8) is 0 Å². The zero-order valence-electron chi connectivity index (χ0n) is 10.2. The molecule has 0 aliphatic carbocycles. The quantitative estimate of drug-likeness (QED) is 0.748. The molecule has 3 rings (SSSR count). The van der Waals surface area contributed by atoms with Crippen LogP contribution in [0.5, 0.6) is 0 Å². The highest BCUT2D eigenvalue weighted by atomic mass is 16.4. The number of H-pyrrole nitrogens is 1. The van der Waals surface area contributed by atoms with E-state index in [0.717, 1.165) is 43.2 Å². The molecule has 1 unspecified atom stereocenters. The minimum atomic E-state index is -0.396. The highest BCUT2D eigenvalue weighted by Gasteiger charge is 2.13. The van der Waals surface area contributed by atoms with E-state index in [0.29, 0.717) is 5.58 Å². The van der Waals surface area contributed by atoms with Gasteiger partial charge >= 0.3 is 5.76 Å². The van der Waals surface area contributed by atoms with Crippen LogP contribution in [-0.2, 0) is 6.54 Å². The van der Waals surface area contributed by atoms with Gasteiger partial charge in [-0.3, -0.25) is 4.98 Å². The van der Waals surface area contributed by atoms with Crippen molar-refractivity contribution < 1.29 is 4.42 Å². The lowest BCUT2D eigenvalue weighted by atomic mass is 10.1. The van der Waals surface area contributed by atoms with E-state index in [1.165, 1.54) is 6.42 Å². The molecular formula is C13H17N3O2. The Labute approximate surface area is 105 Å². The summed E-state index contributed by atoms with van der Waals surface area (Å²) in [7, 11) is 0. The van der Waals surface area contributed by atoms with Crippen molar-refractivity contribution in [2.45, 2.75) is 13.0 Å². The van der Waals surface area contributed by atoms with Crippen molar-refractivity contribution in [2.75, 3.05) is 19.6 Å². The summed E-state index contributed by atoms with van der Waals surface area (Å²) < 4.78 is 4.97. The van der Waals surface area contributed by atoms with Crippen molar-refractivity contribution in [1.82, 2.24) is 15.6 Å². The van der Waals surface area contributed by atoms with E-state index >= 15 is 0 Å². The zero-order chi connectivity index (χ0) is 12.4. The highest BCUT2D eigenvalue weighted by molar-refractivity contribution is 5.72. The van der Waals surface area contributed by atoms with Crippen LogP contribution in [0.25, 0.3) is 11.1 Å². The Bertz CT molecular complexity index is 581. The van der Waals surface area contributed by atoms with Crippen molar-refractivity contribution >= 4 is 11.1 Å². The summed E-state index contributed by atoms with van der Waals surface area (Å²) in [6.45, 7) is 4.10. The van der Waals surface area contributed by atoms with Gasteiger partial charge in [0.25, 0.3) is 0 Å². The number of aromatic nitrogens is 1. The van der Waals surface area contributed by atoms with Gasteiger partial charge in [0.1, 0.15) is 0 Å². The largest absolute Gasteiger partial charge is 0.417 e. The summed E-state index contributed by atoms with van der Waals surface area (Å²) in [5, 5.41) is 6.81. The highest BCUT2D eigenvalue weighted by Crippen LogP contribution is 2.12. The van der Waals surface area contributed by atoms with Crippen molar-refractivity contribution in [3.8, 4) is 0 Å². The van der Waals surface area contributed by atoms with E-state index < -0.39 is 5.76 Å². The van der Waals surface area contributed by atoms with E-state index in [4.69, 9.17) is 4.42 Å². The van der Waals surface area contributed by atoms with Gasteiger partial charge in [0.05, 0.1) is 5.52 Å².